The van der Waals surface area contributed by atoms with Crippen molar-refractivity contribution in [1.29, 1.82) is 0 Å². The van der Waals surface area contributed by atoms with Crippen molar-refractivity contribution in [3.8, 4) is 0 Å². The molecule has 0 aliphatic rings. The van der Waals surface area contributed by atoms with Crippen LogP contribution < -0.4 is 5.54 Å². The smallest absolute Gasteiger partial charge is 0.282 e. The predicted molar refractivity (Wildman–Crippen MR) is 39.2 cm³/mol. The third-order valence-corrected chi connectivity index (χ3v) is 2.06. The van der Waals surface area contributed by atoms with E-state index in [0.29, 0.717) is 0 Å². The maximum absolute atomic E-state index is 11.6. The predicted octanol–water partition coefficient (Wildman–Crippen LogP) is 1.05. The summed E-state index contributed by atoms with van der Waals surface area (Å²) < 4.78 is 41.1. The van der Waals surface area contributed by atoms with Gasteiger partial charge in [0.15, 0.2) is 0 Å². The van der Waals surface area contributed by atoms with Crippen LogP contribution in [0.4, 0.5) is 10.2 Å². The van der Waals surface area contributed by atoms with Crippen molar-refractivity contribution >= 4 is 15.8 Å². The van der Waals surface area contributed by atoms with Gasteiger partial charge in [0.05, 0.1) is 10.6 Å². The van der Waals surface area contributed by atoms with Crippen LogP contribution in [0.1, 0.15) is 0 Å². The van der Waals surface area contributed by atoms with Crippen LogP contribution in [0.25, 0.3) is 0 Å². The Bertz CT molecular complexity index is 376. The maximum atomic E-state index is 11.6. The van der Waals surface area contributed by atoms with Crippen molar-refractivity contribution < 1.29 is 17.5 Å². The summed E-state index contributed by atoms with van der Waals surface area (Å²) >= 11 is 0. The fraction of sp³-hybridized carbons (Fsp3) is 0. The average Bonchev–Trinajstić information content (AvgIpc) is 2.03. The summed E-state index contributed by atoms with van der Waals surface area (Å²) in [6.45, 7) is 0. The summed E-state index contributed by atoms with van der Waals surface area (Å²) in [6.07, 6.45) is 0. The first-order valence-corrected chi connectivity index (χ1v) is 4.37. The molecule has 1 aromatic carbocycles. The van der Waals surface area contributed by atoms with Gasteiger partial charge in [-0.2, -0.15) is 8.42 Å². The van der Waals surface area contributed by atoms with E-state index in [0.717, 1.165) is 12.1 Å². The van der Waals surface area contributed by atoms with Gasteiger partial charge in [-0.15, -0.1) is 0 Å². The van der Waals surface area contributed by atoms with Crippen molar-refractivity contribution in [3.05, 3.63) is 24.3 Å². The summed E-state index contributed by atoms with van der Waals surface area (Å²) in [6, 6.07) is 4.62. The van der Waals surface area contributed by atoms with Gasteiger partial charge in [0.1, 0.15) is 0 Å². The number of hydrogen-bond donors (Lipinski definition) is 1. The molecule has 1 radical (unpaired) electrons. The summed E-state index contributed by atoms with van der Waals surface area (Å²) in [4.78, 5) is -0.374. The molecule has 65 valence electrons. The molecule has 0 bridgehead atoms. The monoisotopic (exact) mass is 190 g/mol. The van der Waals surface area contributed by atoms with Crippen molar-refractivity contribution in [2.75, 3.05) is 0 Å². The Morgan fingerprint density at radius 1 is 1.42 bits per heavy atom. The maximum Gasteiger partial charge on any atom is 0.294 e. The van der Waals surface area contributed by atoms with Crippen LogP contribution in [0.15, 0.2) is 29.2 Å². The standard InChI is InChI=1S/C6H5FNO3S/c7-8-5-2-1-3-6(4-5)12(9,10)11/h1-4H,(H,9,10,11). The molecule has 0 spiro atoms. The van der Waals surface area contributed by atoms with E-state index in [1.807, 2.05) is 0 Å². The zero-order valence-corrected chi connectivity index (χ0v) is 6.62. The van der Waals surface area contributed by atoms with Crippen LogP contribution in [0.3, 0.4) is 0 Å². The first-order chi connectivity index (χ1) is 5.54. The van der Waals surface area contributed by atoms with Gasteiger partial charge in [-0.05, 0) is 18.2 Å². The minimum absolute atomic E-state index is 0.148. The summed E-state index contributed by atoms with van der Waals surface area (Å²) in [5.41, 5.74) is 2.12. The molecule has 0 heterocycles. The van der Waals surface area contributed by atoms with E-state index in [2.05, 4.69) is 5.54 Å². The number of hydrogen-bond acceptors (Lipinski definition) is 2. The van der Waals surface area contributed by atoms with Crippen molar-refractivity contribution in [3.63, 3.8) is 0 Å². The number of halogens is 1. The third kappa shape index (κ3) is 1.93. The Morgan fingerprint density at radius 3 is 2.58 bits per heavy atom. The van der Waals surface area contributed by atoms with Gasteiger partial charge in [0.25, 0.3) is 10.1 Å². The molecule has 0 aliphatic heterocycles. The van der Waals surface area contributed by atoms with Gasteiger partial charge in [-0.1, -0.05) is 16.1 Å². The Hall–Kier alpha value is -1.14. The van der Waals surface area contributed by atoms with E-state index < -0.39 is 10.1 Å². The highest BCUT2D eigenvalue weighted by Crippen LogP contribution is 2.14. The number of benzene rings is 1. The van der Waals surface area contributed by atoms with E-state index >= 15 is 0 Å². The molecular weight excluding hydrogens is 185 g/mol. The minimum atomic E-state index is -4.26. The van der Waals surface area contributed by atoms with Gasteiger partial charge in [0.2, 0.25) is 0 Å². The molecule has 0 saturated heterocycles. The average molecular weight is 190 g/mol. The van der Waals surface area contributed by atoms with E-state index in [4.69, 9.17) is 4.55 Å². The summed E-state index contributed by atoms with van der Waals surface area (Å²) in [5, 5.41) is 0. The zero-order chi connectivity index (χ0) is 9.19. The molecule has 1 N–H and O–H groups in total. The zero-order valence-electron chi connectivity index (χ0n) is 5.81. The Labute approximate surface area is 68.7 Å². The van der Waals surface area contributed by atoms with Gasteiger partial charge in [-0.25, -0.2) is 0 Å². The highest BCUT2D eigenvalue weighted by molar-refractivity contribution is 7.85. The quantitative estimate of drug-likeness (QED) is 0.709. The largest absolute Gasteiger partial charge is 0.294 e. The molecule has 0 unspecified atom stereocenters. The molecule has 0 atom stereocenters. The van der Waals surface area contributed by atoms with Crippen molar-refractivity contribution in [2.45, 2.75) is 4.90 Å². The molecule has 12 heavy (non-hydrogen) atoms. The second kappa shape index (κ2) is 3.08. The highest BCUT2D eigenvalue weighted by atomic mass is 32.2. The molecule has 0 amide bonds. The molecule has 1 aromatic rings. The second-order valence-corrected chi connectivity index (χ2v) is 3.48. The van der Waals surface area contributed by atoms with Crippen LogP contribution in [0.5, 0.6) is 0 Å². The molecule has 6 heteroatoms. The number of rotatable bonds is 2. The topological polar surface area (TPSA) is 68.5 Å². The second-order valence-electron chi connectivity index (χ2n) is 2.06. The molecular formula is C6H5FNO3S. The Balaban J connectivity index is 3.20. The number of nitrogens with zero attached hydrogens (tertiary/aromatic N) is 1. The fourth-order valence-electron chi connectivity index (χ4n) is 0.697. The van der Waals surface area contributed by atoms with Crippen LogP contribution in [0, 0.1) is 0 Å². The van der Waals surface area contributed by atoms with Gasteiger partial charge in [0, 0.05) is 0 Å². The molecule has 0 saturated carbocycles. The molecule has 1 rings (SSSR count). The van der Waals surface area contributed by atoms with Crippen molar-refractivity contribution in [2.24, 2.45) is 0 Å². The highest BCUT2D eigenvalue weighted by Gasteiger charge is 2.09. The Morgan fingerprint density at radius 2 is 2.08 bits per heavy atom. The normalized spacial score (nSPS) is 11.2. The molecule has 0 aromatic heterocycles. The lowest BCUT2D eigenvalue weighted by Crippen LogP contribution is -1.97. The molecule has 0 aliphatic carbocycles. The lowest BCUT2D eigenvalue weighted by atomic mass is 10.3. The van der Waals surface area contributed by atoms with E-state index in [1.54, 1.807) is 0 Å². The van der Waals surface area contributed by atoms with E-state index in [-0.39, 0.29) is 10.6 Å². The van der Waals surface area contributed by atoms with Gasteiger partial charge in [-0.3, -0.25) is 4.55 Å². The lowest BCUT2D eigenvalue weighted by Gasteiger charge is -1.96. The summed E-state index contributed by atoms with van der Waals surface area (Å²) in [5.74, 6) is 0. The third-order valence-electron chi connectivity index (χ3n) is 1.21. The minimum Gasteiger partial charge on any atom is -0.282 e. The fourth-order valence-corrected chi connectivity index (χ4v) is 1.22. The lowest BCUT2D eigenvalue weighted by molar-refractivity contribution is 0.402. The Kier molecular flexibility index (Phi) is 2.30. The van der Waals surface area contributed by atoms with Gasteiger partial charge < -0.3 is 0 Å². The first-order valence-electron chi connectivity index (χ1n) is 2.93. The van der Waals surface area contributed by atoms with Crippen LogP contribution in [0.2, 0.25) is 0 Å². The van der Waals surface area contributed by atoms with Crippen LogP contribution in [-0.2, 0) is 10.1 Å². The molecule has 0 fully saturated rings. The van der Waals surface area contributed by atoms with Crippen LogP contribution in [-0.4, -0.2) is 13.0 Å². The van der Waals surface area contributed by atoms with Crippen molar-refractivity contribution in [1.82, 2.24) is 5.54 Å². The van der Waals surface area contributed by atoms with Gasteiger partial charge >= 0.3 is 0 Å². The molecule has 4 nitrogen and oxygen atoms in total. The van der Waals surface area contributed by atoms with E-state index in [1.165, 1.54) is 12.1 Å². The first kappa shape index (κ1) is 8.95. The SMILES string of the molecule is O=S(=O)(O)c1cccc([N]F)c1. The van der Waals surface area contributed by atoms with Crippen LogP contribution >= 0.6 is 0 Å². The van der Waals surface area contributed by atoms with E-state index in [9.17, 15) is 12.9 Å². The summed E-state index contributed by atoms with van der Waals surface area (Å²) in [7, 11) is -4.26.